The Hall–Kier alpha value is -3.53. The van der Waals surface area contributed by atoms with Gasteiger partial charge < -0.3 is 24.6 Å². The number of carbonyl (C=O) groups is 2. The number of nitrogens with zero attached hydrogens (tertiary/aromatic N) is 3. The summed E-state index contributed by atoms with van der Waals surface area (Å²) >= 11 is 0. The molecule has 2 N–H and O–H groups in total. The zero-order valence-electron chi connectivity index (χ0n) is 24.2. The number of aryl methyl sites for hydroxylation is 1. The van der Waals surface area contributed by atoms with E-state index >= 15 is 0 Å². The summed E-state index contributed by atoms with van der Waals surface area (Å²) in [4.78, 5) is 24.2. The molecule has 1 aromatic heterocycles. The molecule has 1 saturated carbocycles. The van der Waals surface area contributed by atoms with Crippen molar-refractivity contribution in [1.29, 1.82) is 0 Å². The molecule has 12 nitrogen and oxygen atoms in total. The number of carbonyl (C=O) groups excluding carboxylic acids is 2. The summed E-state index contributed by atoms with van der Waals surface area (Å²) in [6.45, 7) is 4.07. The molecule has 1 amide bonds. The van der Waals surface area contributed by atoms with E-state index in [0.29, 0.717) is 6.54 Å². The zero-order valence-corrected chi connectivity index (χ0v) is 25.0. The summed E-state index contributed by atoms with van der Waals surface area (Å²) in [6.07, 6.45) is -3.22. The smallest absolute Gasteiger partial charge is 0.427 e. The van der Waals surface area contributed by atoms with Gasteiger partial charge in [-0.05, 0) is 57.2 Å². The lowest BCUT2D eigenvalue weighted by Gasteiger charge is -2.39. The molecule has 238 valence electrons. The number of hydrogen-bond acceptors (Lipinski definition) is 9. The first kappa shape index (κ1) is 32.4. The lowest BCUT2D eigenvalue weighted by Crippen LogP contribution is -2.55. The lowest BCUT2D eigenvalue weighted by molar-refractivity contribution is -0.257. The second-order valence-electron chi connectivity index (χ2n) is 10.9. The number of sulfonamides is 1. The Labute approximate surface area is 247 Å². The first-order chi connectivity index (χ1) is 20.1. The Morgan fingerprint density at radius 2 is 1.95 bits per heavy atom. The van der Waals surface area contributed by atoms with Crippen molar-refractivity contribution in [3.05, 3.63) is 30.0 Å². The van der Waals surface area contributed by atoms with E-state index in [1.54, 1.807) is 6.92 Å². The largest absolute Gasteiger partial charge is 0.484 e. The van der Waals surface area contributed by atoms with Crippen molar-refractivity contribution in [1.82, 2.24) is 15.1 Å². The molecule has 0 radical (unpaired) electrons. The monoisotopic (exact) mass is 632 g/mol. The molecular formula is C27H35F3N4O8S. The van der Waals surface area contributed by atoms with Gasteiger partial charge in [-0.1, -0.05) is 6.07 Å². The molecule has 2 heterocycles. The third-order valence-electron chi connectivity index (χ3n) is 7.14. The number of alkyl halides is 3. The van der Waals surface area contributed by atoms with Crippen LogP contribution in [0.1, 0.15) is 46.1 Å². The average Bonchev–Trinajstić information content (AvgIpc) is 3.67. The van der Waals surface area contributed by atoms with Crippen LogP contribution in [-0.2, 0) is 37.3 Å². The number of ether oxygens (including phenoxy) is 3. The van der Waals surface area contributed by atoms with Crippen LogP contribution in [-0.4, -0.2) is 78.9 Å². The predicted octanol–water partition coefficient (Wildman–Crippen LogP) is 2.57. The molecule has 0 bridgehead atoms. The van der Waals surface area contributed by atoms with Crippen molar-refractivity contribution < 1.29 is 50.5 Å². The second kappa shape index (κ2) is 12.2. The van der Waals surface area contributed by atoms with Gasteiger partial charge in [0.1, 0.15) is 18.5 Å². The van der Waals surface area contributed by atoms with Gasteiger partial charge in [0.05, 0.1) is 31.3 Å². The number of halogens is 3. The van der Waals surface area contributed by atoms with Crippen molar-refractivity contribution in [3.63, 3.8) is 0 Å². The van der Waals surface area contributed by atoms with E-state index in [2.05, 4.69) is 15.2 Å². The SMILES string of the molecule is CCn1cc(S(=O)(=O)N2C[C@H](C(NC(C)=O)C3CC3)Oc3ccc(CC(=O)OC(C)(C)C(F)(F)F)cc32)c(OCCO)n1. The highest BCUT2D eigenvalue weighted by Gasteiger charge is 2.51. The molecule has 1 aliphatic carbocycles. The van der Waals surface area contributed by atoms with E-state index in [9.17, 15) is 36.3 Å². The number of aliphatic hydroxyl groups excluding tert-OH is 1. The molecule has 2 aromatic rings. The van der Waals surface area contributed by atoms with Crippen molar-refractivity contribution in [2.75, 3.05) is 24.1 Å². The highest BCUT2D eigenvalue weighted by Crippen LogP contribution is 2.43. The van der Waals surface area contributed by atoms with E-state index in [1.807, 2.05) is 0 Å². The van der Waals surface area contributed by atoms with Gasteiger partial charge in [0.25, 0.3) is 15.9 Å². The van der Waals surface area contributed by atoms with Gasteiger partial charge in [-0.2, -0.15) is 13.2 Å². The van der Waals surface area contributed by atoms with Crippen LogP contribution in [0.4, 0.5) is 18.9 Å². The molecule has 2 aliphatic rings. The summed E-state index contributed by atoms with van der Waals surface area (Å²) in [5, 5.41) is 16.3. The molecular weight excluding hydrogens is 597 g/mol. The van der Waals surface area contributed by atoms with Gasteiger partial charge in [-0.25, -0.2) is 8.42 Å². The van der Waals surface area contributed by atoms with E-state index < -0.39 is 46.3 Å². The number of nitrogens with one attached hydrogen (secondary N) is 1. The molecule has 0 spiro atoms. The number of amides is 1. The molecule has 1 aliphatic heterocycles. The second-order valence-corrected chi connectivity index (χ2v) is 12.8. The van der Waals surface area contributed by atoms with Gasteiger partial charge in [0.15, 0.2) is 4.90 Å². The molecule has 1 fully saturated rings. The minimum absolute atomic E-state index is 0.0337. The summed E-state index contributed by atoms with van der Waals surface area (Å²) in [6, 6.07) is 3.71. The third kappa shape index (κ3) is 7.17. The predicted molar refractivity (Wildman–Crippen MR) is 146 cm³/mol. The van der Waals surface area contributed by atoms with Crippen molar-refractivity contribution in [2.45, 2.75) is 82.3 Å². The molecule has 4 rings (SSSR count). The number of aliphatic hydroxyl groups is 1. The minimum Gasteiger partial charge on any atom is -0.484 e. The Morgan fingerprint density at radius 3 is 2.53 bits per heavy atom. The van der Waals surface area contributed by atoms with Gasteiger partial charge in [0.2, 0.25) is 11.5 Å². The first-order valence-electron chi connectivity index (χ1n) is 13.8. The normalized spacial score (nSPS) is 18.0. The zero-order chi connectivity index (χ0) is 31.7. The summed E-state index contributed by atoms with van der Waals surface area (Å²) in [7, 11) is -4.43. The average molecular weight is 633 g/mol. The van der Waals surface area contributed by atoms with E-state index in [0.717, 1.165) is 31.0 Å². The summed E-state index contributed by atoms with van der Waals surface area (Å²) in [5.74, 6) is -1.48. The van der Waals surface area contributed by atoms with Crippen molar-refractivity contribution in [3.8, 4) is 11.6 Å². The highest BCUT2D eigenvalue weighted by molar-refractivity contribution is 7.93. The van der Waals surface area contributed by atoms with Crippen LogP contribution in [0.15, 0.2) is 29.3 Å². The van der Waals surface area contributed by atoms with Gasteiger partial charge >= 0.3 is 12.1 Å². The van der Waals surface area contributed by atoms with Gasteiger partial charge in [-0.3, -0.25) is 18.6 Å². The summed E-state index contributed by atoms with van der Waals surface area (Å²) in [5.41, 5.74) is -2.51. The van der Waals surface area contributed by atoms with Gasteiger partial charge in [-0.15, -0.1) is 5.10 Å². The maximum Gasteiger partial charge on any atom is 0.427 e. The maximum atomic E-state index is 14.2. The molecule has 1 unspecified atom stereocenters. The minimum atomic E-state index is -4.79. The van der Waals surface area contributed by atoms with Crippen LogP contribution in [0, 0.1) is 5.92 Å². The fourth-order valence-electron chi connectivity index (χ4n) is 4.68. The molecule has 16 heteroatoms. The Bertz CT molecular complexity index is 1460. The van der Waals surface area contributed by atoms with Crippen LogP contribution in [0.2, 0.25) is 0 Å². The number of anilines is 1. The van der Waals surface area contributed by atoms with E-state index in [1.165, 1.54) is 36.0 Å². The van der Waals surface area contributed by atoms with E-state index in [4.69, 9.17) is 9.47 Å². The highest BCUT2D eigenvalue weighted by atomic mass is 32.2. The number of rotatable bonds is 12. The van der Waals surface area contributed by atoms with Crippen LogP contribution < -0.4 is 19.1 Å². The number of benzene rings is 1. The fourth-order valence-corrected chi connectivity index (χ4v) is 6.24. The van der Waals surface area contributed by atoms with Crippen LogP contribution >= 0.6 is 0 Å². The first-order valence-corrected chi connectivity index (χ1v) is 15.2. The topological polar surface area (TPSA) is 149 Å². The Balaban J connectivity index is 1.74. The summed E-state index contributed by atoms with van der Waals surface area (Å²) < 4.78 is 87.0. The number of hydrogen-bond donors (Lipinski definition) is 2. The quantitative estimate of drug-likeness (QED) is 0.337. The molecule has 1 aromatic carbocycles. The Kier molecular flexibility index (Phi) is 9.21. The van der Waals surface area contributed by atoms with Crippen molar-refractivity contribution >= 4 is 27.6 Å². The van der Waals surface area contributed by atoms with Crippen LogP contribution in [0.25, 0.3) is 0 Å². The van der Waals surface area contributed by atoms with Crippen LogP contribution in [0.3, 0.4) is 0 Å². The standard InChI is InChI=1S/C27H35F3N4O8S/c1-5-33-15-22(25(32-33)40-11-10-35)43(38,39)34-14-21(24(18-7-8-18)31-16(2)36)41-20-9-6-17(12-19(20)34)13-23(37)42-26(3,4)27(28,29)30/h6,9,12,15,18,21,24,35H,5,7-8,10-11,13-14H2,1-4H3,(H,31,36)/t21-,24?/m1/s1. The number of aromatic nitrogens is 2. The molecule has 43 heavy (non-hydrogen) atoms. The Morgan fingerprint density at radius 1 is 1.26 bits per heavy atom. The van der Waals surface area contributed by atoms with Crippen molar-refractivity contribution in [2.24, 2.45) is 5.92 Å². The lowest BCUT2D eigenvalue weighted by atomic mass is 10.0. The molecule has 2 atom stereocenters. The fraction of sp³-hybridized carbons (Fsp3) is 0.593. The molecule has 0 saturated heterocycles. The number of fused-ring (bicyclic) bond motifs is 1. The maximum absolute atomic E-state index is 14.2. The number of esters is 1. The van der Waals surface area contributed by atoms with Gasteiger partial charge in [0, 0.05) is 19.7 Å². The van der Waals surface area contributed by atoms with Crippen LogP contribution in [0.5, 0.6) is 11.6 Å². The third-order valence-corrected chi connectivity index (χ3v) is 8.90. The van der Waals surface area contributed by atoms with E-state index in [-0.39, 0.29) is 59.4 Å².